The highest BCUT2D eigenvalue weighted by Gasteiger charge is 2.40. The van der Waals surface area contributed by atoms with E-state index in [0.29, 0.717) is 23.9 Å². The van der Waals surface area contributed by atoms with E-state index < -0.39 is 0 Å². The molecule has 1 aromatic rings. The molecule has 114 valence electrons. The molecular formula is C15H23N5O. The summed E-state index contributed by atoms with van der Waals surface area (Å²) in [7, 11) is 0. The van der Waals surface area contributed by atoms with Crippen molar-refractivity contribution in [2.24, 2.45) is 5.92 Å². The molecule has 0 spiro atoms. The van der Waals surface area contributed by atoms with Crippen molar-refractivity contribution in [2.45, 2.75) is 38.8 Å². The van der Waals surface area contributed by atoms with E-state index in [9.17, 15) is 4.79 Å². The molecule has 0 radical (unpaired) electrons. The molecule has 21 heavy (non-hydrogen) atoms. The van der Waals surface area contributed by atoms with Gasteiger partial charge >= 0.3 is 6.03 Å². The molecule has 1 N–H and O–H groups in total. The van der Waals surface area contributed by atoms with Crippen LogP contribution in [0.5, 0.6) is 0 Å². The zero-order valence-corrected chi connectivity index (χ0v) is 12.7. The Morgan fingerprint density at radius 3 is 2.76 bits per heavy atom. The summed E-state index contributed by atoms with van der Waals surface area (Å²) in [6, 6.07) is 2.89. The van der Waals surface area contributed by atoms with Crippen molar-refractivity contribution in [1.29, 1.82) is 0 Å². The second-order valence-electron chi connectivity index (χ2n) is 6.18. The Kier molecular flexibility index (Phi) is 4.05. The Morgan fingerprint density at radius 2 is 2.05 bits per heavy atom. The van der Waals surface area contributed by atoms with Crippen LogP contribution in [-0.4, -0.2) is 57.5 Å². The van der Waals surface area contributed by atoms with Crippen molar-refractivity contribution in [3.8, 4) is 0 Å². The number of nitrogens with zero attached hydrogens (tertiary/aromatic N) is 4. The first-order valence-electron chi connectivity index (χ1n) is 7.74. The minimum Gasteiger partial charge on any atom is -0.324 e. The number of fused-ring (bicyclic) bond motifs is 1. The topological polar surface area (TPSA) is 61.4 Å². The number of carbonyl (C=O) groups excluding carboxylic acids is 1. The van der Waals surface area contributed by atoms with Crippen molar-refractivity contribution < 1.29 is 4.79 Å². The lowest BCUT2D eigenvalue weighted by molar-refractivity contribution is 0.111. The molecule has 3 heterocycles. The fourth-order valence-electron chi connectivity index (χ4n) is 3.58. The first-order chi connectivity index (χ1) is 10.1. The number of anilines is 1. The van der Waals surface area contributed by atoms with Gasteiger partial charge in [0.25, 0.3) is 0 Å². The highest BCUT2D eigenvalue weighted by molar-refractivity contribution is 5.87. The summed E-state index contributed by atoms with van der Waals surface area (Å²) < 4.78 is 0. The molecule has 0 aliphatic carbocycles. The Bertz CT molecular complexity index is 492. The lowest BCUT2D eigenvalue weighted by Gasteiger charge is -2.39. The normalized spacial score (nSPS) is 26.0. The summed E-state index contributed by atoms with van der Waals surface area (Å²) in [5.41, 5.74) is 0. The number of piperidine rings is 1. The number of rotatable bonds is 2. The van der Waals surface area contributed by atoms with Crippen molar-refractivity contribution in [2.75, 3.05) is 25.0 Å². The van der Waals surface area contributed by atoms with E-state index in [1.807, 2.05) is 4.90 Å². The van der Waals surface area contributed by atoms with E-state index in [1.165, 1.54) is 6.42 Å². The summed E-state index contributed by atoms with van der Waals surface area (Å²) in [4.78, 5) is 24.9. The van der Waals surface area contributed by atoms with Crippen molar-refractivity contribution >= 4 is 12.0 Å². The second kappa shape index (κ2) is 5.97. The lowest BCUT2D eigenvalue weighted by Crippen LogP contribution is -2.50. The average Bonchev–Trinajstić information content (AvgIpc) is 2.91. The van der Waals surface area contributed by atoms with Gasteiger partial charge in [-0.05, 0) is 45.2 Å². The van der Waals surface area contributed by atoms with Gasteiger partial charge in [-0.15, -0.1) is 0 Å². The molecule has 1 aromatic heterocycles. The predicted octanol–water partition coefficient (Wildman–Crippen LogP) is 1.81. The smallest absolute Gasteiger partial charge is 0.324 e. The van der Waals surface area contributed by atoms with Crippen LogP contribution < -0.4 is 5.32 Å². The van der Waals surface area contributed by atoms with Gasteiger partial charge in [-0.3, -0.25) is 10.2 Å². The van der Waals surface area contributed by atoms with Crippen LogP contribution in [0.4, 0.5) is 10.7 Å². The maximum Gasteiger partial charge on any atom is 0.324 e. The molecule has 2 atom stereocenters. The summed E-state index contributed by atoms with van der Waals surface area (Å²) in [6.45, 7) is 7.32. The van der Waals surface area contributed by atoms with Gasteiger partial charge in [0, 0.05) is 37.6 Å². The number of carbonyl (C=O) groups is 1. The fourth-order valence-corrected chi connectivity index (χ4v) is 3.58. The molecule has 3 rings (SSSR count). The van der Waals surface area contributed by atoms with Gasteiger partial charge in [-0.1, -0.05) is 0 Å². The van der Waals surface area contributed by atoms with Crippen LogP contribution in [0.15, 0.2) is 18.5 Å². The third-order valence-electron chi connectivity index (χ3n) is 4.61. The highest BCUT2D eigenvalue weighted by Crippen LogP contribution is 2.32. The van der Waals surface area contributed by atoms with E-state index in [-0.39, 0.29) is 6.03 Å². The predicted molar refractivity (Wildman–Crippen MR) is 81.0 cm³/mol. The first kappa shape index (κ1) is 14.3. The van der Waals surface area contributed by atoms with Crippen molar-refractivity contribution in [1.82, 2.24) is 19.8 Å². The van der Waals surface area contributed by atoms with Crippen LogP contribution in [-0.2, 0) is 0 Å². The SMILES string of the molecule is CC(C)N1CC[C@H]2CN(C(=O)Nc3ncccn3)CC[C@H]21. The van der Waals surface area contributed by atoms with Crippen LogP contribution >= 0.6 is 0 Å². The largest absolute Gasteiger partial charge is 0.324 e. The Morgan fingerprint density at radius 1 is 1.29 bits per heavy atom. The molecule has 0 aromatic carbocycles. The molecule has 0 saturated carbocycles. The third kappa shape index (κ3) is 3.00. The highest BCUT2D eigenvalue weighted by atomic mass is 16.2. The van der Waals surface area contributed by atoms with Crippen LogP contribution in [0.1, 0.15) is 26.7 Å². The van der Waals surface area contributed by atoms with Crippen LogP contribution in [0.25, 0.3) is 0 Å². The van der Waals surface area contributed by atoms with E-state index >= 15 is 0 Å². The first-order valence-corrected chi connectivity index (χ1v) is 7.74. The molecule has 2 aliphatic rings. The zero-order valence-electron chi connectivity index (χ0n) is 12.7. The second-order valence-corrected chi connectivity index (χ2v) is 6.18. The molecule has 0 unspecified atom stereocenters. The Hall–Kier alpha value is -1.69. The lowest BCUT2D eigenvalue weighted by atomic mass is 9.92. The maximum atomic E-state index is 12.3. The molecule has 6 nitrogen and oxygen atoms in total. The molecule has 2 amide bonds. The van der Waals surface area contributed by atoms with Crippen LogP contribution in [0.3, 0.4) is 0 Å². The van der Waals surface area contributed by atoms with Gasteiger partial charge < -0.3 is 4.90 Å². The fraction of sp³-hybridized carbons (Fsp3) is 0.667. The Labute approximate surface area is 125 Å². The maximum absolute atomic E-state index is 12.3. The standard InChI is InChI=1S/C15H23N5O/c1-11(2)20-9-4-12-10-19(8-5-13(12)20)15(21)18-14-16-6-3-7-17-14/h3,6-7,11-13H,4-5,8-10H2,1-2H3,(H,16,17,18,21)/t12-,13+/m0/s1. The van der Waals surface area contributed by atoms with E-state index in [2.05, 4.69) is 34.0 Å². The van der Waals surface area contributed by atoms with Crippen molar-refractivity contribution in [3.05, 3.63) is 18.5 Å². The summed E-state index contributed by atoms with van der Waals surface area (Å²) in [5.74, 6) is 0.975. The monoisotopic (exact) mass is 289 g/mol. The van der Waals surface area contributed by atoms with Gasteiger partial charge in [-0.25, -0.2) is 14.8 Å². The molecule has 2 aliphatic heterocycles. The minimum absolute atomic E-state index is 0.0809. The summed E-state index contributed by atoms with van der Waals surface area (Å²) >= 11 is 0. The van der Waals surface area contributed by atoms with Crippen molar-refractivity contribution in [3.63, 3.8) is 0 Å². The Balaban J connectivity index is 1.59. The van der Waals surface area contributed by atoms with Gasteiger partial charge in [-0.2, -0.15) is 0 Å². The third-order valence-corrected chi connectivity index (χ3v) is 4.61. The number of aromatic nitrogens is 2. The van der Waals surface area contributed by atoms with Gasteiger partial charge in [0.15, 0.2) is 0 Å². The minimum atomic E-state index is -0.0809. The van der Waals surface area contributed by atoms with Gasteiger partial charge in [0.05, 0.1) is 0 Å². The zero-order chi connectivity index (χ0) is 14.8. The van der Waals surface area contributed by atoms with E-state index in [4.69, 9.17) is 0 Å². The number of hydrogen-bond acceptors (Lipinski definition) is 4. The number of likely N-dealkylation sites (tertiary alicyclic amines) is 2. The molecule has 2 fully saturated rings. The summed E-state index contributed by atoms with van der Waals surface area (Å²) in [5, 5.41) is 2.78. The number of amides is 2. The number of urea groups is 1. The molecule has 2 saturated heterocycles. The molecule has 0 bridgehead atoms. The average molecular weight is 289 g/mol. The van der Waals surface area contributed by atoms with E-state index in [1.54, 1.807) is 18.5 Å². The van der Waals surface area contributed by atoms with Gasteiger partial charge in [0.2, 0.25) is 5.95 Å². The molecule has 6 heteroatoms. The van der Waals surface area contributed by atoms with Crippen LogP contribution in [0.2, 0.25) is 0 Å². The summed E-state index contributed by atoms with van der Waals surface area (Å²) in [6.07, 6.45) is 5.51. The van der Waals surface area contributed by atoms with E-state index in [0.717, 1.165) is 26.1 Å². The quantitative estimate of drug-likeness (QED) is 0.902. The van der Waals surface area contributed by atoms with Crippen LogP contribution in [0, 0.1) is 5.92 Å². The number of nitrogens with one attached hydrogen (secondary N) is 1. The molecular weight excluding hydrogens is 266 g/mol. The van der Waals surface area contributed by atoms with Gasteiger partial charge in [0.1, 0.15) is 0 Å². The number of hydrogen-bond donors (Lipinski definition) is 1.